The molecule has 1 amide bonds. The molecule has 0 spiro atoms. The summed E-state index contributed by atoms with van der Waals surface area (Å²) in [5.41, 5.74) is 1.81. The molecule has 0 radical (unpaired) electrons. The number of nitrogens with zero attached hydrogens (tertiary/aromatic N) is 1. The van der Waals surface area contributed by atoms with Gasteiger partial charge in [-0.3, -0.25) is 4.79 Å². The smallest absolute Gasteiger partial charge is 0.224 e. The van der Waals surface area contributed by atoms with Crippen LogP contribution >= 0.6 is 11.8 Å². The van der Waals surface area contributed by atoms with Crippen LogP contribution in [0.25, 0.3) is 0 Å². The number of ether oxygens (including phenoxy) is 4. The molecule has 0 aliphatic carbocycles. The third-order valence-corrected chi connectivity index (χ3v) is 5.92. The lowest BCUT2D eigenvalue weighted by atomic mass is 10.1. The molecular formula is C21H25NO5S. The molecule has 1 aliphatic rings. The molecule has 0 N–H and O–H groups in total. The number of carbonyl (C=O) groups excluding carboxylic acids is 1. The van der Waals surface area contributed by atoms with E-state index in [1.54, 1.807) is 40.2 Å². The minimum atomic E-state index is -0.204. The minimum absolute atomic E-state index is 0.0958. The fraction of sp³-hybridized carbons (Fsp3) is 0.381. The van der Waals surface area contributed by atoms with Crippen molar-refractivity contribution in [2.75, 3.05) is 34.2 Å². The van der Waals surface area contributed by atoms with Crippen molar-refractivity contribution in [3.05, 3.63) is 47.5 Å². The Balaban J connectivity index is 2.00. The molecule has 0 saturated carbocycles. The van der Waals surface area contributed by atoms with Gasteiger partial charge in [-0.15, -0.1) is 11.8 Å². The van der Waals surface area contributed by atoms with Gasteiger partial charge in [0.15, 0.2) is 0 Å². The zero-order chi connectivity index (χ0) is 20.1. The summed E-state index contributed by atoms with van der Waals surface area (Å²) < 4.78 is 21.9. The van der Waals surface area contributed by atoms with E-state index in [1.165, 1.54) is 0 Å². The first-order chi connectivity index (χ1) is 13.6. The molecule has 2 aromatic rings. The van der Waals surface area contributed by atoms with Crippen LogP contribution in [0.5, 0.6) is 23.0 Å². The Labute approximate surface area is 169 Å². The molecular weight excluding hydrogens is 378 g/mol. The lowest BCUT2D eigenvalue weighted by Gasteiger charge is -2.36. The van der Waals surface area contributed by atoms with E-state index in [0.717, 1.165) is 16.9 Å². The van der Waals surface area contributed by atoms with E-state index in [2.05, 4.69) is 0 Å². The molecule has 0 bridgehead atoms. The Morgan fingerprint density at radius 3 is 2.11 bits per heavy atom. The maximum atomic E-state index is 12.9. The molecule has 1 saturated heterocycles. The highest BCUT2D eigenvalue weighted by atomic mass is 32.2. The largest absolute Gasteiger partial charge is 0.497 e. The standard InChI is InChI=1S/C21H25NO5S/c1-24-15-10-14(11-16(12-15)25-2)13-22-19(23)8-9-28-21(22)20-17(26-3)6-5-7-18(20)27-4/h5-7,10-12,21H,8-9,13H2,1-4H3. The average molecular weight is 404 g/mol. The van der Waals surface area contributed by atoms with Gasteiger partial charge < -0.3 is 23.8 Å². The van der Waals surface area contributed by atoms with Crippen LogP contribution in [-0.2, 0) is 11.3 Å². The fourth-order valence-corrected chi connectivity index (χ4v) is 4.60. The summed E-state index contributed by atoms with van der Waals surface area (Å²) in [7, 11) is 6.49. The highest BCUT2D eigenvalue weighted by Crippen LogP contribution is 2.46. The molecule has 2 aromatic carbocycles. The van der Waals surface area contributed by atoms with Crippen molar-refractivity contribution in [3.63, 3.8) is 0 Å². The minimum Gasteiger partial charge on any atom is -0.497 e. The number of carbonyl (C=O) groups is 1. The van der Waals surface area contributed by atoms with Crippen LogP contribution in [0.2, 0.25) is 0 Å². The maximum absolute atomic E-state index is 12.9. The van der Waals surface area contributed by atoms with E-state index in [0.29, 0.717) is 36.0 Å². The number of methoxy groups -OCH3 is 4. The Morgan fingerprint density at radius 1 is 0.964 bits per heavy atom. The highest BCUT2D eigenvalue weighted by Gasteiger charge is 2.34. The number of amides is 1. The van der Waals surface area contributed by atoms with Gasteiger partial charge in [0, 0.05) is 24.8 Å². The Kier molecular flexibility index (Phi) is 6.57. The number of thioether (sulfide) groups is 1. The lowest BCUT2D eigenvalue weighted by Crippen LogP contribution is -2.37. The van der Waals surface area contributed by atoms with Crippen molar-refractivity contribution in [3.8, 4) is 23.0 Å². The van der Waals surface area contributed by atoms with Crippen LogP contribution in [-0.4, -0.2) is 45.0 Å². The van der Waals surface area contributed by atoms with Crippen LogP contribution in [0.1, 0.15) is 22.9 Å². The second-order valence-corrected chi connectivity index (χ2v) is 7.48. The molecule has 6 nitrogen and oxygen atoms in total. The number of benzene rings is 2. The third-order valence-electron chi connectivity index (χ3n) is 4.67. The van der Waals surface area contributed by atoms with Gasteiger partial charge in [0.2, 0.25) is 5.91 Å². The van der Waals surface area contributed by atoms with Crippen molar-refractivity contribution < 1.29 is 23.7 Å². The lowest BCUT2D eigenvalue weighted by molar-refractivity contribution is -0.132. The molecule has 1 aliphatic heterocycles. The van der Waals surface area contributed by atoms with Gasteiger partial charge >= 0.3 is 0 Å². The van der Waals surface area contributed by atoms with E-state index >= 15 is 0 Å². The van der Waals surface area contributed by atoms with Gasteiger partial charge in [0.25, 0.3) is 0 Å². The number of hydrogen-bond acceptors (Lipinski definition) is 6. The zero-order valence-corrected chi connectivity index (χ0v) is 17.4. The van der Waals surface area contributed by atoms with Crippen molar-refractivity contribution in [2.24, 2.45) is 0 Å². The van der Waals surface area contributed by atoms with Crippen LogP contribution in [0.4, 0.5) is 0 Å². The second kappa shape index (κ2) is 9.10. The Hall–Kier alpha value is -2.54. The van der Waals surface area contributed by atoms with Crippen molar-refractivity contribution in [1.82, 2.24) is 4.90 Å². The first-order valence-corrected chi connectivity index (χ1v) is 10.00. The molecule has 28 heavy (non-hydrogen) atoms. The SMILES string of the molecule is COc1cc(CN2C(=O)CCSC2c2c(OC)cccc2OC)cc(OC)c1. The van der Waals surface area contributed by atoms with E-state index in [4.69, 9.17) is 18.9 Å². The van der Waals surface area contributed by atoms with Crippen molar-refractivity contribution in [1.29, 1.82) is 0 Å². The second-order valence-electron chi connectivity index (χ2n) is 6.29. The Bertz CT molecular complexity index is 797. The van der Waals surface area contributed by atoms with Crippen molar-refractivity contribution >= 4 is 17.7 Å². The summed E-state index contributed by atoms with van der Waals surface area (Å²) in [5, 5.41) is -0.204. The quantitative estimate of drug-likeness (QED) is 0.699. The molecule has 1 fully saturated rings. The molecule has 3 rings (SSSR count). The Morgan fingerprint density at radius 2 is 1.57 bits per heavy atom. The number of rotatable bonds is 7. The van der Waals surface area contributed by atoms with Crippen LogP contribution in [0.3, 0.4) is 0 Å². The maximum Gasteiger partial charge on any atom is 0.224 e. The van der Waals surface area contributed by atoms with Crippen LogP contribution in [0.15, 0.2) is 36.4 Å². The van der Waals surface area contributed by atoms with Gasteiger partial charge in [0.1, 0.15) is 28.4 Å². The van der Waals surface area contributed by atoms with E-state index in [9.17, 15) is 4.79 Å². The number of hydrogen-bond donors (Lipinski definition) is 0. The first kappa shape index (κ1) is 20.2. The predicted octanol–water partition coefficient (Wildman–Crippen LogP) is 3.89. The van der Waals surface area contributed by atoms with Gasteiger partial charge in [-0.2, -0.15) is 0 Å². The summed E-state index contributed by atoms with van der Waals surface area (Å²) in [6.45, 7) is 0.436. The topological polar surface area (TPSA) is 57.2 Å². The summed E-state index contributed by atoms with van der Waals surface area (Å²) in [4.78, 5) is 14.7. The van der Waals surface area contributed by atoms with Gasteiger partial charge in [-0.25, -0.2) is 0 Å². The van der Waals surface area contributed by atoms with E-state index in [-0.39, 0.29) is 11.3 Å². The molecule has 1 heterocycles. The summed E-state index contributed by atoms with van der Waals surface area (Å²) >= 11 is 1.71. The normalized spacial score (nSPS) is 16.6. The van der Waals surface area contributed by atoms with Crippen LogP contribution < -0.4 is 18.9 Å². The fourth-order valence-electron chi connectivity index (χ4n) is 3.31. The molecule has 7 heteroatoms. The molecule has 0 aromatic heterocycles. The summed E-state index contributed by atoms with van der Waals surface area (Å²) in [6.07, 6.45) is 0.500. The molecule has 1 atom stereocenters. The summed E-state index contributed by atoms with van der Waals surface area (Å²) in [6, 6.07) is 11.3. The van der Waals surface area contributed by atoms with Gasteiger partial charge in [-0.05, 0) is 29.8 Å². The van der Waals surface area contributed by atoms with E-state index < -0.39 is 0 Å². The monoisotopic (exact) mass is 403 g/mol. The highest BCUT2D eigenvalue weighted by molar-refractivity contribution is 7.99. The van der Waals surface area contributed by atoms with Crippen molar-refractivity contribution in [2.45, 2.75) is 18.3 Å². The summed E-state index contributed by atoms with van der Waals surface area (Å²) in [5.74, 6) is 3.65. The average Bonchev–Trinajstić information content (AvgIpc) is 2.74. The first-order valence-electron chi connectivity index (χ1n) is 8.95. The van der Waals surface area contributed by atoms with Crippen LogP contribution in [0, 0.1) is 0 Å². The zero-order valence-electron chi connectivity index (χ0n) is 16.6. The predicted molar refractivity (Wildman–Crippen MR) is 109 cm³/mol. The van der Waals surface area contributed by atoms with E-state index in [1.807, 2.05) is 41.3 Å². The van der Waals surface area contributed by atoms with Gasteiger partial charge in [0.05, 0.1) is 34.0 Å². The third kappa shape index (κ3) is 4.14. The molecule has 150 valence electrons. The molecule has 1 unspecified atom stereocenters. The van der Waals surface area contributed by atoms with Gasteiger partial charge in [-0.1, -0.05) is 6.07 Å².